The van der Waals surface area contributed by atoms with Gasteiger partial charge < -0.3 is 5.11 Å². The van der Waals surface area contributed by atoms with Gasteiger partial charge in [-0.1, -0.05) is 30.3 Å². The first-order valence-electron chi connectivity index (χ1n) is 7.46. The number of hydrogen-bond donors (Lipinski definition) is 1. The molecule has 0 aromatic heterocycles. The van der Waals surface area contributed by atoms with E-state index < -0.39 is 0 Å². The zero-order valence-corrected chi connectivity index (χ0v) is 13.1. The zero-order valence-electron chi connectivity index (χ0n) is 13.1. The summed E-state index contributed by atoms with van der Waals surface area (Å²) in [5, 5.41) is 12.1. The van der Waals surface area contributed by atoms with Crippen LogP contribution in [0.4, 0.5) is 0 Å². The van der Waals surface area contributed by atoms with Gasteiger partial charge in [-0.2, -0.15) is 5.06 Å². The predicted molar refractivity (Wildman–Crippen MR) is 81.3 cm³/mol. The molecule has 1 N–H and O–H groups in total. The van der Waals surface area contributed by atoms with E-state index in [4.69, 9.17) is 4.84 Å². The molecule has 3 heteroatoms. The first kappa shape index (κ1) is 15.5. The van der Waals surface area contributed by atoms with Gasteiger partial charge >= 0.3 is 0 Å². The molecule has 0 saturated carbocycles. The highest BCUT2D eigenvalue weighted by molar-refractivity contribution is 5.14. The van der Waals surface area contributed by atoms with E-state index in [2.05, 4.69) is 57.0 Å². The molecule has 0 atom stereocenters. The Labute approximate surface area is 122 Å². The van der Waals surface area contributed by atoms with Gasteiger partial charge in [-0.3, -0.25) is 4.84 Å². The SMILES string of the molecule is CC1(C)CC(O)CC(C)(C)N1OCCc1ccccc1. The van der Waals surface area contributed by atoms with Crippen LogP contribution in [0, 0.1) is 0 Å². The standard InChI is InChI=1S/C17H27NO2/c1-16(2)12-15(19)13-17(3,4)18(16)20-11-10-14-8-6-5-7-9-14/h5-9,15,19H,10-13H2,1-4H3. The van der Waals surface area contributed by atoms with Crippen molar-refractivity contribution in [3.63, 3.8) is 0 Å². The summed E-state index contributed by atoms with van der Waals surface area (Å²) in [4.78, 5) is 6.09. The molecule has 1 saturated heterocycles. The van der Waals surface area contributed by atoms with E-state index in [9.17, 15) is 5.11 Å². The molecule has 0 aliphatic carbocycles. The van der Waals surface area contributed by atoms with E-state index in [1.807, 2.05) is 6.07 Å². The molecule has 0 bridgehead atoms. The maximum Gasteiger partial charge on any atom is 0.0725 e. The molecule has 3 nitrogen and oxygen atoms in total. The lowest BCUT2D eigenvalue weighted by Crippen LogP contribution is -2.61. The monoisotopic (exact) mass is 277 g/mol. The Balaban J connectivity index is 1.96. The molecule has 1 aromatic carbocycles. The molecule has 1 aromatic rings. The fourth-order valence-corrected chi connectivity index (χ4v) is 3.46. The molecule has 1 aliphatic heterocycles. The fraction of sp³-hybridized carbons (Fsp3) is 0.647. The average Bonchev–Trinajstić information content (AvgIpc) is 2.32. The smallest absolute Gasteiger partial charge is 0.0725 e. The van der Waals surface area contributed by atoms with E-state index in [0.717, 1.165) is 19.3 Å². The predicted octanol–water partition coefficient (Wildman–Crippen LogP) is 3.17. The van der Waals surface area contributed by atoms with Crippen LogP contribution >= 0.6 is 0 Å². The summed E-state index contributed by atoms with van der Waals surface area (Å²) in [5.74, 6) is 0. The summed E-state index contributed by atoms with van der Waals surface area (Å²) in [6.07, 6.45) is 2.17. The Morgan fingerprint density at radius 1 is 1.10 bits per heavy atom. The van der Waals surface area contributed by atoms with Crippen LogP contribution in [0.3, 0.4) is 0 Å². The van der Waals surface area contributed by atoms with Gasteiger partial charge in [0.25, 0.3) is 0 Å². The van der Waals surface area contributed by atoms with E-state index in [1.54, 1.807) is 0 Å². The molecule has 0 spiro atoms. The van der Waals surface area contributed by atoms with Gasteiger partial charge in [0.05, 0.1) is 12.7 Å². The van der Waals surface area contributed by atoms with Gasteiger partial charge in [-0.15, -0.1) is 0 Å². The molecule has 112 valence electrons. The van der Waals surface area contributed by atoms with Crippen molar-refractivity contribution in [2.75, 3.05) is 6.61 Å². The number of hydrogen-bond acceptors (Lipinski definition) is 3. The van der Waals surface area contributed by atoms with Gasteiger partial charge in [0.2, 0.25) is 0 Å². The van der Waals surface area contributed by atoms with Crippen LogP contribution in [-0.4, -0.2) is 34.0 Å². The number of aliphatic hydroxyl groups is 1. The summed E-state index contributed by atoms with van der Waals surface area (Å²) in [6.45, 7) is 9.23. The van der Waals surface area contributed by atoms with Crippen molar-refractivity contribution in [1.82, 2.24) is 5.06 Å². The summed E-state index contributed by atoms with van der Waals surface area (Å²) in [5.41, 5.74) is 1.01. The number of aliphatic hydroxyl groups excluding tert-OH is 1. The van der Waals surface area contributed by atoms with Crippen molar-refractivity contribution in [1.29, 1.82) is 0 Å². The zero-order chi connectivity index (χ0) is 14.8. The highest BCUT2D eigenvalue weighted by Crippen LogP contribution is 2.38. The third kappa shape index (κ3) is 3.60. The molecule has 2 rings (SSSR count). The average molecular weight is 277 g/mol. The second-order valence-electron chi connectivity index (χ2n) is 7.05. The molecule has 0 unspecified atom stereocenters. The Kier molecular flexibility index (Phi) is 4.52. The third-order valence-electron chi connectivity index (χ3n) is 4.02. The Morgan fingerprint density at radius 2 is 1.65 bits per heavy atom. The van der Waals surface area contributed by atoms with Crippen LogP contribution in [0.25, 0.3) is 0 Å². The van der Waals surface area contributed by atoms with Gasteiger partial charge in [-0.25, -0.2) is 0 Å². The highest BCUT2D eigenvalue weighted by Gasteiger charge is 2.46. The number of hydroxylamine groups is 2. The molecular weight excluding hydrogens is 250 g/mol. The Hall–Kier alpha value is -0.900. The Morgan fingerprint density at radius 3 is 2.20 bits per heavy atom. The molecule has 0 amide bonds. The molecule has 1 heterocycles. The summed E-state index contributed by atoms with van der Waals surface area (Å²) in [7, 11) is 0. The number of rotatable bonds is 4. The maximum atomic E-state index is 10.0. The first-order valence-corrected chi connectivity index (χ1v) is 7.46. The quantitative estimate of drug-likeness (QED) is 0.917. The van der Waals surface area contributed by atoms with Gasteiger partial charge in [0.15, 0.2) is 0 Å². The van der Waals surface area contributed by atoms with Crippen molar-refractivity contribution in [2.45, 2.75) is 64.1 Å². The maximum absolute atomic E-state index is 10.0. The van der Waals surface area contributed by atoms with Crippen molar-refractivity contribution in [3.05, 3.63) is 35.9 Å². The van der Waals surface area contributed by atoms with Crippen molar-refractivity contribution >= 4 is 0 Å². The van der Waals surface area contributed by atoms with E-state index in [0.29, 0.717) is 6.61 Å². The van der Waals surface area contributed by atoms with Crippen LogP contribution in [0.15, 0.2) is 30.3 Å². The highest BCUT2D eigenvalue weighted by atomic mass is 16.7. The Bertz CT molecular complexity index is 410. The van der Waals surface area contributed by atoms with Crippen LogP contribution in [0.5, 0.6) is 0 Å². The van der Waals surface area contributed by atoms with Crippen molar-refractivity contribution in [3.8, 4) is 0 Å². The minimum absolute atomic E-state index is 0.141. The number of piperidine rings is 1. The topological polar surface area (TPSA) is 32.7 Å². The number of benzene rings is 1. The van der Waals surface area contributed by atoms with Gasteiger partial charge in [-0.05, 0) is 52.5 Å². The van der Waals surface area contributed by atoms with Crippen LogP contribution in [0.2, 0.25) is 0 Å². The molecule has 1 fully saturated rings. The van der Waals surface area contributed by atoms with E-state index >= 15 is 0 Å². The van der Waals surface area contributed by atoms with E-state index in [1.165, 1.54) is 5.56 Å². The van der Waals surface area contributed by atoms with Crippen molar-refractivity contribution < 1.29 is 9.94 Å². The van der Waals surface area contributed by atoms with Gasteiger partial charge in [0, 0.05) is 11.1 Å². The van der Waals surface area contributed by atoms with Crippen LogP contribution < -0.4 is 0 Å². The summed E-state index contributed by atoms with van der Waals surface area (Å²) < 4.78 is 0. The lowest BCUT2D eigenvalue weighted by Gasteiger charge is -2.52. The fourth-order valence-electron chi connectivity index (χ4n) is 3.46. The summed E-state index contributed by atoms with van der Waals surface area (Å²) in [6, 6.07) is 10.4. The second kappa shape index (κ2) is 5.84. The molecule has 1 aliphatic rings. The third-order valence-corrected chi connectivity index (χ3v) is 4.02. The van der Waals surface area contributed by atoms with Gasteiger partial charge in [0.1, 0.15) is 0 Å². The second-order valence-corrected chi connectivity index (χ2v) is 7.05. The minimum Gasteiger partial charge on any atom is -0.393 e. The normalized spacial score (nSPS) is 22.9. The largest absolute Gasteiger partial charge is 0.393 e. The molecule has 20 heavy (non-hydrogen) atoms. The first-order chi connectivity index (χ1) is 9.31. The van der Waals surface area contributed by atoms with Crippen LogP contribution in [0.1, 0.15) is 46.1 Å². The van der Waals surface area contributed by atoms with E-state index in [-0.39, 0.29) is 17.2 Å². The minimum atomic E-state index is -0.242. The molecular formula is C17H27NO2. The summed E-state index contributed by atoms with van der Waals surface area (Å²) >= 11 is 0. The lowest BCUT2D eigenvalue weighted by atomic mass is 9.80. The lowest BCUT2D eigenvalue weighted by molar-refractivity contribution is -0.291. The number of nitrogens with zero attached hydrogens (tertiary/aromatic N) is 1. The van der Waals surface area contributed by atoms with Crippen LogP contribution in [-0.2, 0) is 11.3 Å². The van der Waals surface area contributed by atoms with Crippen molar-refractivity contribution in [2.24, 2.45) is 0 Å². The molecule has 0 radical (unpaired) electrons.